The summed E-state index contributed by atoms with van der Waals surface area (Å²) >= 11 is 0. The number of ether oxygens (including phenoxy) is 1. The lowest BCUT2D eigenvalue weighted by Gasteiger charge is -2.54. The van der Waals surface area contributed by atoms with Crippen LogP contribution in [-0.4, -0.2) is 34.1 Å². The van der Waals surface area contributed by atoms with E-state index in [0.29, 0.717) is 6.54 Å². The summed E-state index contributed by atoms with van der Waals surface area (Å²) < 4.78 is 5.22. The van der Waals surface area contributed by atoms with Crippen molar-refractivity contribution in [2.45, 2.75) is 58.3 Å². The third-order valence-electron chi connectivity index (χ3n) is 3.76. The number of nitrogens with zero attached hydrogens (tertiary/aromatic N) is 1. The molecule has 0 aliphatic carbocycles. The van der Waals surface area contributed by atoms with Crippen molar-refractivity contribution < 1.29 is 14.3 Å². The van der Waals surface area contributed by atoms with E-state index in [9.17, 15) is 9.59 Å². The highest BCUT2D eigenvalue weighted by atomic mass is 16.6. The molecule has 1 saturated heterocycles. The van der Waals surface area contributed by atoms with Crippen LogP contribution in [0.2, 0.25) is 0 Å². The predicted molar refractivity (Wildman–Crippen MR) is 84.2 cm³/mol. The van der Waals surface area contributed by atoms with Gasteiger partial charge in [0.2, 0.25) is 5.91 Å². The summed E-state index contributed by atoms with van der Waals surface area (Å²) in [5.74, 6) is -0.0836. The molecule has 1 atom stereocenters. The van der Waals surface area contributed by atoms with Gasteiger partial charge in [-0.3, -0.25) is 4.79 Å². The second-order valence-electron chi connectivity index (χ2n) is 7.14. The summed E-state index contributed by atoms with van der Waals surface area (Å²) in [6.07, 6.45) is -0.557. The third kappa shape index (κ3) is 3.40. The SMILES string of the molecule is CC(C)(C)OC(=O)N[C@H]1C(=O)N(Cc2ccccc2)C1(C)C. The Bertz CT molecular complexity index is 561. The largest absolute Gasteiger partial charge is 0.444 e. The predicted octanol–water partition coefficient (Wildman–Crippen LogP) is 2.70. The van der Waals surface area contributed by atoms with Crippen LogP contribution in [0, 0.1) is 0 Å². The number of likely N-dealkylation sites (tertiary alicyclic amines) is 1. The number of benzene rings is 1. The molecule has 5 nitrogen and oxygen atoms in total. The highest BCUT2D eigenvalue weighted by molar-refractivity contribution is 5.93. The minimum absolute atomic E-state index is 0.0836. The Morgan fingerprint density at radius 1 is 1.27 bits per heavy atom. The fraction of sp³-hybridized carbons (Fsp3) is 0.529. The zero-order valence-electron chi connectivity index (χ0n) is 13.8. The third-order valence-corrected chi connectivity index (χ3v) is 3.76. The maximum Gasteiger partial charge on any atom is 0.408 e. The summed E-state index contributed by atoms with van der Waals surface area (Å²) in [5, 5.41) is 2.68. The van der Waals surface area contributed by atoms with Crippen molar-refractivity contribution in [3.05, 3.63) is 35.9 Å². The number of hydrogen-bond acceptors (Lipinski definition) is 3. The van der Waals surface area contributed by atoms with Gasteiger partial charge in [0.05, 0.1) is 5.54 Å². The van der Waals surface area contributed by atoms with E-state index < -0.39 is 23.3 Å². The molecular formula is C17H24N2O3. The average molecular weight is 304 g/mol. The number of carbonyl (C=O) groups is 2. The molecule has 5 heteroatoms. The Kier molecular flexibility index (Phi) is 4.18. The summed E-state index contributed by atoms with van der Waals surface area (Å²) in [4.78, 5) is 26.0. The molecule has 1 heterocycles. The monoisotopic (exact) mass is 304 g/mol. The van der Waals surface area contributed by atoms with E-state index in [2.05, 4.69) is 5.32 Å². The molecule has 1 aromatic rings. The van der Waals surface area contributed by atoms with E-state index in [1.807, 2.05) is 44.2 Å². The summed E-state index contributed by atoms with van der Waals surface area (Å²) in [6, 6.07) is 9.26. The van der Waals surface area contributed by atoms with Gasteiger partial charge in [0.1, 0.15) is 11.6 Å². The van der Waals surface area contributed by atoms with Gasteiger partial charge in [-0.2, -0.15) is 0 Å². The molecular weight excluding hydrogens is 280 g/mol. The molecule has 1 aliphatic heterocycles. The Hall–Kier alpha value is -2.04. The summed E-state index contributed by atoms with van der Waals surface area (Å²) in [5.41, 5.74) is 0.0498. The van der Waals surface area contributed by atoms with Crippen molar-refractivity contribution >= 4 is 12.0 Å². The normalized spacial score (nSPS) is 20.3. The zero-order valence-corrected chi connectivity index (χ0v) is 13.8. The molecule has 22 heavy (non-hydrogen) atoms. The van der Waals surface area contributed by atoms with Crippen LogP contribution >= 0.6 is 0 Å². The standard InChI is InChI=1S/C17H24N2O3/c1-16(2,3)22-15(21)18-13-14(20)19(17(13,4)5)11-12-9-7-6-8-10-12/h6-10,13H,11H2,1-5H3,(H,18,21)/t13-/m0/s1. The summed E-state index contributed by atoms with van der Waals surface area (Å²) in [7, 11) is 0. The molecule has 0 aromatic heterocycles. The first-order valence-corrected chi connectivity index (χ1v) is 7.46. The van der Waals surface area contributed by atoms with Crippen LogP contribution in [0.4, 0.5) is 4.79 Å². The van der Waals surface area contributed by atoms with Gasteiger partial charge < -0.3 is 15.0 Å². The van der Waals surface area contributed by atoms with Crippen molar-refractivity contribution in [2.24, 2.45) is 0 Å². The van der Waals surface area contributed by atoms with Gasteiger partial charge in [0, 0.05) is 6.54 Å². The molecule has 1 fully saturated rings. The molecule has 1 aliphatic rings. The number of nitrogens with one attached hydrogen (secondary N) is 1. The van der Waals surface area contributed by atoms with Gasteiger partial charge in [-0.1, -0.05) is 30.3 Å². The lowest BCUT2D eigenvalue weighted by molar-refractivity contribution is -0.161. The number of carbonyl (C=O) groups excluding carboxylic acids is 2. The maximum absolute atomic E-state index is 12.3. The van der Waals surface area contributed by atoms with Crippen LogP contribution in [0.25, 0.3) is 0 Å². The van der Waals surface area contributed by atoms with E-state index in [0.717, 1.165) is 5.56 Å². The molecule has 0 bridgehead atoms. The fourth-order valence-corrected chi connectivity index (χ4v) is 2.54. The quantitative estimate of drug-likeness (QED) is 0.874. The Labute approximate surface area is 131 Å². The van der Waals surface area contributed by atoms with Crippen LogP contribution in [0.3, 0.4) is 0 Å². The van der Waals surface area contributed by atoms with E-state index in [-0.39, 0.29) is 5.91 Å². The molecule has 1 aromatic carbocycles. The molecule has 120 valence electrons. The summed E-state index contributed by atoms with van der Waals surface area (Å²) in [6.45, 7) is 9.81. The van der Waals surface area contributed by atoms with Gasteiger partial charge in [0.25, 0.3) is 0 Å². The van der Waals surface area contributed by atoms with Crippen LogP contribution in [0.15, 0.2) is 30.3 Å². The van der Waals surface area contributed by atoms with E-state index in [4.69, 9.17) is 4.74 Å². The molecule has 2 amide bonds. The topological polar surface area (TPSA) is 58.6 Å². The number of rotatable bonds is 3. The molecule has 1 N–H and O–H groups in total. The average Bonchev–Trinajstić information content (AvgIpc) is 2.41. The number of alkyl carbamates (subject to hydrolysis) is 1. The first-order chi connectivity index (χ1) is 10.1. The minimum atomic E-state index is -0.579. The number of hydrogen-bond donors (Lipinski definition) is 1. The lowest BCUT2D eigenvalue weighted by atomic mass is 9.81. The second kappa shape index (κ2) is 5.63. The Morgan fingerprint density at radius 2 is 1.86 bits per heavy atom. The van der Waals surface area contributed by atoms with E-state index in [1.165, 1.54) is 0 Å². The zero-order chi connectivity index (χ0) is 16.5. The minimum Gasteiger partial charge on any atom is -0.444 e. The second-order valence-corrected chi connectivity index (χ2v) is 7.14. The smallest absolute Gasteiger partial charge is 0.408 e. The van der Waals surface area contributed by atoms with Gasteiger partial charge in [0.15, 0.2) is 0 Å². The van der Waals surface area contributed by atoms with Gasteiger partial charge >= 0.3 is 6.09 Å². The van der Waals surface area contributed by atoms with Crippen LogP contribution in [0.5, 0.6) is 0 Å². The van der Waals surface area contributed by atoms with Crippen molar-refractivity contribution in [3.8, 4) is 0 Å². The van der Waals surface area contributed by atoms with Crippen molar-refractivity contribution in [1.82, 2.24) is 10.2 Å². The number of amides is 2. The fourth-order valence-electron chi connectivity index (χ4n) is 2.54. The highest BCUT2D eigenvalue weighted by Crippen LogP contribution is 2.33. The van der Waals surface area contributed by atoms with Crippen molar-refractivity contribution in [1.29, 1.82) is 0 Å². The molecule has 0 spiro atoms. The number of β-lactam (4-membered cyclic amide) rings is 1. The van der Waals surface area contributed by atoms with Crippen LogP contribution in [-0.2, 0) is 16.1 Å². The Morgan fingerprint density at radius 3 is 2.36 bits per heavy atom. The van der Waals surface area contributed by atoms with Crippen LogP contribution < -0.4 is 5.32 Å². The molecule has 0 saturated carbocycles. The van der Waals surface area contributed by atoms with Gasteiger partial charge in [-0.25, -0.2) is 4.79 Å². The first-order valence-electron chi connectivity index (χ1n) is 7.46. The first kappa shape index (κ1) is 16.3. The van der Waals surface area contributed by atoms with Crippen LogP contribution in [0.1, 0.15) is 40.2 Å². The highest BCUT2D eigenvalue weighted by Gasteiger charge is 2.54. The van der Waals surface area contributed by atoms with Gasteiger partial charge in [-0.15, -0.1) is 0 Å². The van der Waals surface area contributed by atoms with E-state index >= 15 is 0 Å². The molecule has 0 radical (unpaired) electrons. The van der Waals surface area contributed by atoms with E-state index in [1.54, 1.807) is 25.7 Å². The molecule has 2 rings (SSSR count). The maximum atomic E-state index is 12.3. The van der Waals surface area contributed by atoms with Crippen molar-refractivity contribution in [2.75, 3.05) is 0 Å². The van der Waals surface area contributed by atoms with Gasteiger partial charge in [-0.05, 0) is 40.2 Å². The molecule has 0 unspecified atom stereocenters. The Balaban J connectivity index is 1.99. The lowest BCUT2D eigenvalue weighted by Crippen LogP contribution is -2.76. The van der Waals surface area contributed by atoms with Crippen molar-refractivity contribution in [3.63, 3.8) is 0 Å².